The Labute approximate surface area is 332 Å². The van der Waals surface area contributed by atoms with Crippen molar-refractivity contribution in [2.75, 3.05) is 50.4 Å². The van der Waals surface area contributed by atoms with E-state index in [1.54, 1.807) is 25.1 Å². The molecule has 58 heavy (non-hydrogen) atoms. The second kappa shape index (κ2) is 15.8. The van der Waals surface area contributed by atoms with Gasteiger partial charge in [-0.15, -0.1) is 0 Å². The molecular formula is C42H44F2N8O6. The number of nitrogens with zero attached hydrogens (tertiary/aromatic N) is 5. The third-order valence-corrected chi connectivity index (χ3v) is 12.2. The molecule has 1 spiro atoms. The molecular weight excluding hydrogens is 751 g/mol. The van der Waals surface area contributed by atoms with Crippen LogP contribution in [0.3, 0.4) is 0 Å². The van der Waals surface area contributed by atoms with Crippen LogP contribution >= 0.6 is 0 Å². The number of carbonyl (C=O) groups is 3. The van der Waals surface area contributed by atoms with Gasteiger partial charge in [-0.25, -0.2) is 13.8 Å². The van der Waals surface area contributed by atoms with Gasteiger partial charge in [-0.2, -0.15) is 5.26 Å². The number of carbonyl (C=O) groups excluding carboxylic acids is 3. The number of likely N-dealkylation sites (tertiary alicyclic amines) is 2. The van der Waals surface area contributed by atoms with E-state index in [9.17, 15) is 28.8 Å². The lowest BCUT2D eigenvalue weighted by molar-refractivity contribution is -0.137. The van der Waals surface area contributed by atoms with Crippen LogP contribution in [-0.4, -0.2) is 88.0 Å². The number of ether oxygens (including phenoxy) is 2. The van der Waals surface area contributed by atoms with E-state index in [1.165, 1.54) is 35.2 Å². The quantitative estimate of drug-likeness (QED) is 0.167. The highest BCUT2D eigenvalue weighted by Crippen LogP contribution is 2.41. The number of piperidine rings is 3. The summed E-state index contributed by atoms with van der Waals surface area (Å²) in [4.78, 5) is 59.3. The molecule has 0 bridgehead atoms. The monoisotopic (exact) mass is 794 g/mol. The van der Waals surface area contributed by atoms with Crippen molar-refractivity contribution in [3.05, 3.63) is 87.5 Å². The van der Waals surface area contributed by atoms with Crippen LogP contribution in [0.25, 0.3) is 10.9 Å². The predicted molar refractivity (Wildman–Crippen MR) is 209 cm³/mol. The molecule has 3 aromatic carbocycles. The number of aromatic nitrogens is 2. The molecule has 0 aliphatic carbocycles. The number of nitriles is 1. The average molecular weight is 795 g/mol. The average Bonchev–Trinajstić information content (AvgIpc) is 3.61. The number of amides is 3. The van der Waals surface area contributed by atoms with Crippen molar-refractivity contribution >= 4 is 40.0 Å². The zero-order valence-corrected chi connectivity index (χ0v) is 32.1. The highest BCUT2D eigenvalue weighted by molar-refractivity contribution is 6.01. The molecule has 1 aromatic heterocycles. The maximum atomic E-state index is 15.2. The number of hydrogen-bond acceptors (Lipinski definition) is 11. The van der Waals surface area contributed by atoms with E-state index in [4.69, 9.17) is 15.2 Å². The number of nitrogens with two attached hydrogens (primary N) is 1. The SMILES string of the molecule is Cc1ccc(F)c(Oc2ccc3ncn(C4COC5(CCN(C(=O)CN6CCC(c7ccc(NC8CCC(=O)NC8=O)cc7F)CC6)CC5)C4)c(=O)c3c2N)c1C#N. The fraction of sp³-hybridized carbons (Fsp3) is 0.429. The molecule has 0 saturated carbocycles. The Morgan fingerprint density at radius 2 is 1.84 bits per heavy atom. The summed E-state index contributed by atoms with van der Waals surface area (Å²) in [7, 11) is 0. The van der Waals surface area contributed by atoms with E-state index in [-0.39, 0.29) is 82.9 Å². The van der Waals surface area contributed by atoms with Crippen LogP contribution in [0.15, 0.2) is 53.6 Å². The first-order chi connectivity index (χ1) is 27.9. The number of aryl methyl sites for hydroxylation is 1. The Kier molecular flexibility index (Phi) is 10.6. The molecule has 4 aliphatic heterocycles. The van der Waals surface area contributed by atoms with E-state index in [2.05, 4.69) is 20.5 Å². The van der Waals surface area contributed by atoms with Crippen molar-refractivity contribution in [3.63, 3.8) is 0 Å². The number of imide groups is 1. The number of nitrogens with one attached hydrogen (secondary N) is 2. The summed E-state index contributed by atoms with van der Waals surface area (Å²) >= 11 is 0. The third-order valence-electron chi connectivity index (χ3n) is 12.2. The first-order valence-electron chi connectivity index (χ1n) is 19.6. The highest BCUT2D eigenvalue weighted by Gasteiger charge is 2.44. The Hall–Kier alpha value is -5.92. The molecule has 4 N–H and O–H groups in total. The van der Waals surface area contributed by atoms with Gasteiger partial charge < -0.3 is 25.4 Å². The Morgan fingerprint density at radius 1 is 1.07 bits per heavy atom. The molecule has 5 heterocycles. The van der Waals surface area contributed by atoms with E-state index in [0.29, 0.717) is 87.0 Å². The zero-order valence-electron chi connectivity index (χ0n) is 32.1. The molecule has 3 amide bonds. The number of rotatable bonds is 8. The number of hydrogen-bond donors (Lipinski definition) is 3. The number of anilines is 2. The van der Waals surface area contributed by atoms with Gasteiger partial charge in [-0.05, 0) is 106 Å². The molecule has 14 nitrogen and oxygen atoms in total. The fourth-order valence-electron chi connectivity index (χ4n) is 8.77. The van der Waals surface area contributed by atoms with Gasteiger partial charge >= 0.3 is 0 Å². The van der Waals surface area contributed by atoms with E-state index < -0.39 is 23.4 Å². The minimum atomic E-state index is -0.729. The minimum absolute atomic E-state index is 0.0104. The van der Waals surface area contributed by atoms with Gasteiger partial charge in [0.15, 0.2) is 17.3 Å². The van der Waals surface area contributed by atoms with Crippen LogP contribution in [0.1, 0.15) is 73.6 Å². The number of fused-ring (bicyclic) bond motifs is 1. The molecule has 2 unspecified atom stereocenters. The first-order valence-corrected chi connectivity index (χ1v) is 19.6. The van der Waals surface area contributed by atoms with E-state index >= 15 is 4.39 Å². The number of halogens is 2. The van der Waals surface area contributed by atoms with Gasteiger partial charge in [0.05, 0.1) is 47.7 Å². The summed E-state index contributed by atoms with van der Waals surface area (Å²) in [5.74, 6) is -1.97. The standard InChI is InChI=1S/C42H44F2N8O6/c1-24-2-5-30(43)39(29(24)20-45)58-34-8-6-32-37(38(34)46)41(56)52(23-47-32)27-19-42(57-22-27)12-16-51(17-13-42)36(54)21-50-14-10-25(11-15-50)28-4-3-26(18-31(28)44)48-33-7-9-35(53)49-40(33)55/h2-6,8,18,23,25,27,33,48H,7,9-17,19,21-22,46H2,1H3,(H,49,53,55). The normalized spacial score (nSPS) is 21.2. The highest BCUT2D eigenvalue weighted by atomic mass is 19.1. The molecule has 4 fully saturated rings. The van der Waals surface area contributed by atoms with E-state index in [1.807, 2.05) is 11.0 Å². The Balaban J connectivity index is 0.844. The van der Waals surface area contributed by atoms with Gasteiger partial charge in [0.1, 0.15) is 23.5 Å². The molecule has 16 heteroatoms. The summed E-state index contributed by atoms with van der Waals surface area (Å²) in [5.41, 5.74) is 7.57. The summed E-state index contributed by atoms with van der Waals surface area (Å²) in [6.45, 7) is 4.58. The van der Waals surface area contributed by atoms with Crippen LogP contribution in [0.2, 0.25) is 0 Å². The van der Waals surface area contributed by atoms with Crippen LogP contribution in [0, 0.1) is 29.9 Å². The van der Waals surface area contributed by atoms with Crippen molar-refractivity contribution in [3.8, 4) is 17.6 Å². The Bertz CT molecular complexity index is 2400. The second-order valence-corrected chi connectivity index (χ2v) is 15.8. The van der Waals surface area contributed by atoms with Gasteiger partial charge in [-0.1, -0.05) is 12.1 Å². The van der Waals surface area contributed by atoms with Crippen molar-refractivity contribution in [1.29, 1.82) is 5.26 Å². The van der Waals surface area contributed by atoms with Gasteiger partial charge in [0.25, 0.3) is 5.56 Å². The summed E-state index contributed by atoms with van der Waals surface area (Å²) in [6, 6.07) is 11.7. The molecule has 0 radical (unpaired) electrons. The smallest absolute Gasteiger partial charge is 0.263 e. The zero-order chi connectivity index (χ0) is 40.7. The minimum Gasteiger partial charge on any atom is -0.451 e. The molecule has 2 atom stereocenters. The lowest BCUT2D eigenvalue weighted by Gasteiger charge is -2.40. The fourth-order valence-corrected chi connectivity index (χ4v) is 8.77. The maximum absolute atomic E-state index is 15.2. The van der Waals surface area contributed by atoms with Crippen LogP contribution < -0.4 is 26.7 Å². The van der Waals surface area contributed by atoms with Crippen molar-refractivity contribution < 1.29 is 32.6 Å². The Morgan fingerprint density at radius 3 is 2.57 bits per heavy atom. The third kappa shape index (κ3) is 7.59. The van der Waals surface area contributed by atoms with Crippen LogP contribution in [0.5, 0.6) is 11.5 Å². The van der Waals surface area contributed by atoms with Gasteiger partial charge in [0, 0.05) is 25.2 Å². The first kappa shape index (κ1) is 38.9. The predicted octanol–water partition coefficient (Wildman–Crippen LogP) is 4.65. The van der Waals surface area contributed by atoms with Crippen molar-refractivity contribution in [1.82, 2.24) is 24.7 Å². The lowest BCUT2D eigenvalue weighted by atomic mass is 9.87. The molecule has 4 saturated heterocycles. The second-order valence-electron chi connectivity index (χ2n) is 15.8. The van der Waals surface area contributed by atoms with Crippen LogP contribution in [-0.2, 0) is 19.1 Å². The molecule has 302 valence electrons. The molecule has 4 aromatic rings. The number of benzene rings is 3. The maximum Gasteiger partial charge on any atom is 0.263 e. The molecule has 4 aliphatic rings. The van der Waals surface area contributed by atoms with Crippen LogP contribution in [0.4, 0.5) is 20.2 Å². The van der Waals surface area contributed by atoms with Gasteiger partial charge in [0.2, 0.25) is 17.7 Å². The topological polar surface area (TPSA) is 185 Å². The largest absolute Gasteiger partial charge is 0.451 e. The van der Waals surface area contributed by atoms with Crippen molar-refractivity contribution in [2.45, 2.75) is 75.5 Å². The summed E-state index contributed by atoms with van der Waals surface area (Å²) < 4.78 is 43.7. The van der Waals surface area contributed by atoms with E-state index in [0.717, 1.165) is 0 Å². The lowest BCUT2D eigenvalue weighted by Crippen LogP contribution is -2.50. The van der Waals surface area contributed by atoms with Crippen molar-refractivity contribution in [2.24, 2.45) is 0 Å². The number of nitrogen functional groups attached to an aromatic ring is 1. The van der Waals surface area contributed by atoms with Gasteiger partial charge in [-0.3, -0.25) is 34.0 Å². The molecule has 8 rings (SSSR count). The summed E-state index contributed by atoms with van der Waals surface area (Å²) in [5, 5.41) is 15.1. The summed E-state index contributed by atoms with van der Waals surface area (Å²) in [6.07, 6.45) is 5.27.